The second kappa shape index (κ2) is 7.97. The Morgan fingerprint density at radius 2 is 1.90 bits per heavy atom. The van der Waals surface area contributed by atoms with Gasteiger partial charge in [0.2, 0.25) is 5.88 Å². The number of amides is 1. The van der Waals surface area contributed by atoms with E-state index in [2.05, 4.69) is 17.0 Å². The summed E-state index contributed by atoms with van der Waals surface area (Å²) in [7, 11) is -4.03. The van der Waals surface area contributed by atoms with Crippen molar-refractivity contribution in [1.29, 1.82) is 0 Å². The number of sulfonamides is 1. The maximum absolute atomic E-state index is 12.5. The number of nitrogens with zero attached hydrogens (tertiary/aromatic N) is 3. The van der Waals surface area contributed by atoms with Gasteiger partial charge in [0, 0.05) is 17.7 Å². The van der Waals surface area contributed by atoms with Crippen molar-refractivity contribution in [3.05, 3.63) is 64.9 Å². The van der Waals surface area contributed by atoms with Crippen molar-refractivity contribution in [3.8, 4) is 11.7 Å². The molecule has 0 aliphatic heterocycles. The van der Waals surface area contributed by atoms with Crippen LogP contribution in [-0.2, 0) is 10.0 Å². The maximum Gasteiger partial charge on any atom is 0.268 e. The number of nitrogens with one attached hydrogen (secondary N) is 1. The lowest BCUT2D eigenvalue weighted by atomic mass is 10.2. The molecule has 8 nitrogen and oxygen atoms in total. The Balaban J connectivity index is 1.47. The number of pyridine rings is 1. The fraction of sp³-hybridized carbons (Fsp3) is 0.286. The predicted octanol–water partition coefficient (Wildman–Crippen LogP) is 3.53. The van der Waals surface area contributed by atoms with E-state index in [1.165, 1.54) is 28.9 Å². The lowest BCUT2D eigenvalue weighted by Gasteiger charge is -2.09. The van der Waals surface area contributed by atoms with Crippen LogP contribution in [0, 0.1) is 12.3 Å². The molecule has 0 saturated heterocycles. The van der Waals surface area contributed by atoms with Crippen LogP contribution in [0.4, 0.5) is 0 Å². The number of rotatable bonds is 7. The first-order chi connectivity index (χ1) is 14.7. The van der Waals surface area contributed by atoms with Crippen LogP contribution in [0.25, 0.3) is 5.82 Å². The SMILES string of the molecule is Cc1ccc(S(=O)(=O)NC(=O)c2ccc(-n3ccc(OCC4(C)CC4)n3)nc2Cl)cc1. The van der Waals surface area contributed by atoms with Crippen molar-refractivity contribution >= 4 is 27.5 Å². The lowest BCUT2D eigenvalue weighted by molar-refractivity contribution is 0.0981. The van der Waals surface area contributed by atoms with E-state index < -0.39 is 15.9 Å². The number of carbonyl (C=O) groups excluding carboxylic acids is 1. The highest BCUT2D eigenvalue weighted by Gasteiger charge is 2.38. The molecule has 162 valence electrons. The molecule has 10 heteroatoms. The van der Waals surface area contributed by atoms with Gasteiger partial charge in [-0.3, -0.25) is 4.79 Å². The summed E-state index contributed by atoms with van der Waals surface area (Å²) < 4.78 is 34.1. The maximum atomic E-state index is 12.5. The van der Waals surface area contributed by atoms with Crippen molar-refractivity contribution in [2.45, 2.75) is 31.6 Å². The van der Waals surface area contributed by atoms with E-state index in [-0.39, 0.29) is 21.0 Å². The third kappa shape index (κ3) is 4.88. The molecule has 1 N–H and O–H groups in total. The molecule has 0 atom stereocenters. The number of aryl methyl sites for hydroxylation is 1. The Hall–Kier alpha value is -2.91. The Labute approximate surface area is 185 Å². The molecule has 0 radical (unpaired) electrons. The molecule has 0 bridgehead atoms. The largest absolute Gasteiger partial charge is 0.476 e. The average molecular weight is 461 g/mol. The van der Waals surface area contributed by atoms with Crippen LogP contribution in [0.15, 0.2) is 53.6 Å². The van der Waals surface area contributed by atoms with Gasteiger partial charge in [-0.25, -0.2) is 22.8 Å². The molecule has 1 saturated carbocycles. The average Bonchev–Trinajstić information content (AvgIpc) is 3.26. The molecular weight excluding hydrogens is 440 g/mol. The first-order valence-electron chi connectivity index (χ1n) is 9.64. The van der Waals surface area contributed by atoms with Crippen LogP contribution in [0.1, 0.15) is 35.7 Å². The highest BCUT2D eigenvalue weighted by molar-refractivity contribution is 7.90. The first-order valence-corrected chi connectivity index (χ1v) is 11.5. The van der Waals surface area contributed by atoms with Crippen LogP contribution in [0.3, 0.4) is 0 Å². The smallest absolute Gasteiger partial charge is 0.268 e. The minimum absolute atomic E-state index is 0.0173. The van der Waals surface area contributed by atoms with Crippen molar-refractivity contribution in [3.63, 3.8) is 0 Å². The molecule has 0 unspecified atom stereocenters. The van der Waals surface area contributed by atoms with Gasteiger partial charge >= 0.3 is 0 Å². The molecule has 3 aromatic rings. The Morgan fingerprint density at radius 3 is 2.55 bits per heavy atom. The van der Waals surface area contributed by atoms with Gasteiger partial charge in [0.1, 0.15) is 5.15 Å². The van der Waals surface area contributed by atoms with Crippen LogP contribution in [0.5, 0.6) is 5.88 Å². The van der Waals surface area contributed by atoms with Crippen molar-refractivity contribution in [2.75, 3.05) is 6.61 Å². The highest BCUT2D eigenvalue weighted by atomic mass is 35.5. The summed E-state index contributed by atoms with van der Waals surface area (Å²) in [6, 6.07) is 10.8. The molecule has 4 rings (SSSR count). The van der Waals surface area contributed by atoms with E-state index in [0.29, 0.717) is 18.3 Å². The second-order valence-electron chi connectivity index (χ2n) is 7.95. The summed E-state index contributed by atoms with van der Waals surface area (Å²) in [5.41, 5.74) is 1.08. The van der Waals surface area contributed by atoms with Gasteiger partial charge in [0.05, 0.1) is 17.1 Å². The zero-order chi connectivity index (χ0) is 22.2. The predicted molar refractivity (Wildman–Crippen MR) is 115 cm³/mol. The van der Waals surface area contributed by atoms with Crippen LogP contribution >= 0.6 is 11.6 Å². The normalized spacial score (nSPS) is 14.8. The number of aromatic nitrogens is 3. The third-order valence-electron chi connectivity index (χ3n) is 5.11. The molecule has 1 amide bonds. The van der Waals surface area contributed by atoms with Gasteiger partial charge in [-0.2, -0.15) is 0 Å². The number of hydrogen-bond donors (Lipinski definition) is 1. The summed E-state index contributed by atoms with van der Waals surface area (Å²) >= 11 is 6.17. The van der Waals surface area contributed by atoms with E-state index >= 15 is 0 Å². The molecule has 2 aromatic heterocycles. The molecule has 2 heterocycles. The second-order valence-corrected chi connectivity index (χ2v) is 9.99. The van der Waals surface area contributed by atoms with Crippen molar-refractivity contribution in [2.24, 2.45) is 5.41 Å². The van der Waals surface area contributed by atoms with E-state index in [1.54, 1.807) is 24.4 Å². The van der Waals surface area contributed by atoms with E-state index in [4.69, 9.17) is 16.3 Å². The van der Waals surface area contributed by atoms with Gasteiger partial charge < -0.3 is 4.74 Å². The summed E-state index contributed by atoms with van der Waals surface area (Å²) in [5, 5.41) is 4.17. The molecule has 1 aliphatic rings. The molecule has 0 spiro atoms. The summed E-state index contributed by atoms with van der Waals surface area (Å²) in [4.78, 5) is 16.7. The van der Waals surface area contributed by atoms with Gasteiger partial charge in [0.15, 0.2) is 5.82 Å². The van der Waals surface area contributed by atoms with Crippen LogP contribution in [0.2, 0.25) is 5.15 Å². The van der Waals surface area contributed by atoms with Crippen molar-refractivity contribution in [1.82, 2.24) is 19.5 Å². The first kappa shape index (κ1) is 21.3. The van der Waals surface area contributed by atoms with Crippen LogP contribution < -0.4 is 9.46 Å². The number of ether oxygens (including phenoxy) is 1. The number of carbonyl (C=O) groups is 1. The number of hydrogen-bond acceptors (Lipinski definition) is 6. The molecule has 1 aliphatic carbocycles. The Kier molecular flexibility index (Phi) is 5.49. The van der Waals surface area contributed by atoms with Crippen molar-refractivity contribution < 1.29 is 17.9 Å². The number of benzene rings is 1. The summed E-state index contributed by atoms with van der Waals surface area (Å²) in [6.07, 6.45) is 3.97. The van der Waals surface area contributed by atoms with Gasteiger partial charge in [-0.15, -0.1) is 5.10 Å². The van der Waals surface area contributed by atoms with E-state index in [9.17, 15) is 13.2 Å². The topological polar surface area (TPSA) is 103 Å². The van der Waals surface area contributed by atoms with E-state index in [0.717, 1.165) is 18.4 Å². The zero-order valence-electron chi connectivity index (χ0n) is 17.0. The molecular formula is C21H21ClN4O4S. The van der Waals surface area contributed by atoms with Crippen LogP contribution in [-0.4, -0.2) is 35.7 Å². The minimum Gasteiger partial charge on any atom is -0.476 e. The third-order valence-corrected chi connectivity index (χ3v) is 6.74. The standard InChI is InChI=1S/C21H21ClN4O4S/c1-14-3-5-15(6-4-14)31(28,29)25-20(27)16-7-8-17(23-19(16)22)26-12-9-18(24-26)30-13-21(2)10-11-21/h3-9,12H,10-11,13H2,1-2H3,(H,25,27). The fourth-order valence-electron chi connectivity index (χ4n) is 2.79. The van der Waals surface area contributed by atoms with Gasteiger partial charge in [-0.05, 0) is 44.0 Å². The highest BCUT2D eigenvalue weighted by Crippen LogP contribution is 2.44. The Morgan fingerprint density at radius 1 is 1.19 bits per heavy atom. The monoisotopic (exact) mass is 460 g/mol. The molecule has 31 heavy (non-hydrogen) atoms. The summed E-state index contributed by atoms with van der Waals surface area (Å²) in [5.74, 6) is -0.0285. The van der Waals surface area contributed by atoms with Gasteiger partial charge in [0.25, 0.3) is 15.9 Å². The lowest BCUT2D eigenvalue weighted by Crippen LogP contribution is -2.31. The zero-order valence-corrected chi connectivity index (χ0v) is 18.6. The summed E-state index contributed by atoms with van der Waals surface area (Å²) in [6.45, 7) is 4.60. The van der Waals surface area contributed by atoms with Gasteiger partial charge in [-0.1, -0.05) is 36.2 Å². The molecule has 1 aromatic carbocycles. The fourth-order valence-corrected chi connectivity index (χ4v) is 3.99. The minimum atomic E-state index is -4.03. The number of halogens is 1. The molecule has 1 fully saturated rings. The van der Waals surface area contributed by atoms with E-state index in [1.807, 2.05) is 11.6 Å². The Bertz CT molecular complexity index is 1230. The quantitative estimate of drug-likeness (QED) is 0.541.